The molecule has 0 bridgehead atoms. The maximum absolute atomic E-state index is 12.3. The first-order chi connectivity index (χ1) is 13.7. The molecular formula is C20H23N5OS2. The third-order valence-corrected chi connectivity index (χ3v) is 6.65. The summed E-state index contributed by atoms with van der Waals surface area (Å²) in [5.74, 6) is 1.11. The number of benzene rings is 1. The number of thioether (sulfide) groups is 1. The van der Waals surface area contributed by atoms with Gasteiger partial charge in [-0.25, -0.2) is 4.98 Å². The highest BCUT2D eigenvalue weighted by molar-refractivity contribution is 7.99. The van der Waals surface area contributed by atoms with Crippen LogP contribution in [0, 0.1) is 6.92 Å². The van der Waals surface area contributed by atoms with Gasteiger partial charge in [0, 0.05) is 17.0 Å². The van der Waals surface area contributed by atoms with Gasteiger partial charge in [-0.2, -0.15) is 0 Å². The summed E-state index contributed by atoms with van der Waals surface area (Å²) in [5.41, 5.74) is 1.98. The Labute approximate surface area is 172 Å². The molecule has 4 rings (SSSR count). The number of amides is 1. The van der Waals surface area contributed by atoms with Crippen molar-refractivity contribution >= 4 is 34.1 Å². The van der Waals surface area contributed by atoms with Crippen molar-refractivity contribution in [3.63, 3.8) is 0 Å². The molecule has 3 aromatic rings. The van der Waals surface area contributed by atoms with Crippen molar-refractivity contribution in [2.45, 2.75) is 50.2 Å². The van der Waals surface area contributed by atoms with Gasteiger partial charge in [0.1, 0.15) is 0 Å². The molecule has 146 valence electrons. The van der Waals surface area contributed by atoms with Crippen LogP contribution >= 0.6 is 23.1 Å². The van der Waals surface area contributed by atoms with Crippen LogP contribution in [0.15, 0.2) is 40.9 Å². The lowest BCUT2D eigenvalue weighted by molar-refractivity contribution is -0.113. The van der Waals surface area contributed by atoms with Crippen molar-refractivity contribution in [3.8, 4) is 11.4 Å². The van der Waals surface area contributed by atoms with Crippen molar-refractivity contribution in [1.82, 2.24) is 19.7 Å². The highest BCUT2D eigenvalue weighted by Gasteiger charge is 2.24. The first kappa shape index (κ1) is 19.1. The summed E-state index contributed by atoms with van der Waals surface area (Å²) < 4.78 is 2.25. The lowest BCUT2D eigenvalue weighted by Crippen LogP contribution is -2.17. The fourth-order valence-corrected chi connectivity index (χ4v) is 5.03. The Balaban J connectivity index is 1.52. The molecule has 1 saturated carbocycles. The van der Waals surface area contributed by atoms with E-state index >= 15 is 0 Å². The lowest BCUT2D eigenvalue weighted by atomic mass is 9.95. The van der Waals surface area contributed by atoms with Crippen molar-refractivity contribution in [2.75, 3.05) is 11.1 Å². The Bertz CT molecular complexity index is 931. The summed E-state index contributed by atoms with van der Waals surface area (Å²) in [6.45, 7) is 1.92. The molecule has 0 saturated heterocycles. The van der Waals surface area contributed by atoms with Gasteiger partial charge >= 0.3 is 0 Å². The van der Waals surface area contributed by atoms with E-state index in [0.29, 0.717) is 11.2 Å². The lowest BCUT2D eigenvalue weighted by Gasteiger charge is -2.25. The maximum Gasteiger partial charge on any atom is 0.236 e. The SMILES string of the molecule is Cc1csc(NC(=O)CSc2nnc(-c3ccccc3)n2C2CCCCC2)n1. The molecule has 0 atom stereocenters. The van der Waals surface area contributed by atoms with Crippen molar-refractivity contribution in [1.29, 1.82) is 0 Å². The van der Waals surface area contributed by atoms with E-state index in [1.807, 2.05) is 30.5 Å². The van der Waals surface area contributed by atoms with Crippen molar-refractivity contribution in [3.05, 3.63) is 41.4 Å². The highest BCUT2D eigenvalue weighted by atomic mass is 32.2. The van der Waals surface area contributed by atoms with Gasteiger partial charge in [-0.15, -0.1) is 21.5 Å². The van der Waals surface area contributed by atoms with Crippen LogP contribution in [0.5, 0.6) is 0 Å². The Morgan fingerprint density at radius 2 is 2.00 bits per heavy atom. The largest absolute Gasteiger partial charge is 0.301 e. The van der Waals surface area contributed by atoms with E-state index in [0.717, 1.165) is 35.1 Å². The van der Waals surface area contributed by atoms with E-state index < -0.39 is 0 Å². The third kappa shape index (κ3) is 4.44. The van der Waals surface area contributed by atoms with Crippen LogP contribution in [-0.4, -0.2) is 31.4 Å². The Kier molecular flexibility index (Phi) is 6.07. The van der Waals surface area contributed by atoms with Crippen LogP contribution < -0.4 is 5.32 Å². The fraction of sp³-hybridized carbons (Fsp3) is 0.400. The first-order valence-corrected chi connectivity index (χ1v) is 11.4. The molecular weight excluding hydrogens is 390 g/mol. The molecule has 1 N–H and O–H groups in total. The normalized spacial score (nSPS) is 14.9. The summed E-state index contributed by atoms with van der Waals surface area (Å²) in [6.07, 6.45) is 6.01. The minimum absolute atomic E-state index is 0.0706. The van der Waals surface area contributed by atoms with Crippen LogP contribution in [0.1, 0.15) is 43.8 Å². The summed E-state index contributed by atoms with van der Waals surface area (Å²) >= 11 is 2.89. The van der Waals surface area contributed by atoms with E-state index in [-0.39, 0.29) is 11.7 Å². The van der Waals surface area contributed by atoms with Gasteiger partial charge in [-0.1, -0.05) is 61.4 Å². The van der Waals surface area contributed by atoms with Gasteiger partial charge in [0.15, 0.2) is 16.1 Å². The van der Waals surface area contributed by atoms with E-state index in [1.165, 1.54) is 42.4 Å². The number of aryl methyl sites for hydroxylation is 1. The second-order valence-electron chi connectivity index (χ2n) is 6.96. The number of anilines is 1. The number of hydrogen-bond acceptors (Lipinski definition) is 6. The van der Waals surface area contributed by atoms with Crippen LogP contribution in [0.2, 0.25) is 0 Å². The molecule has 0 spiro atoms. The number of thiazole rings is 1. The van der Waals surface area contributed by atoms with Crippen molar-refractivity contribution in [2.24, 2.45) is 0 Å². The van der Waals surface area contributed by atoms with Gasteiger partial charge in [0.05, 0.1) is 11.4 Å². The summed E-state index contributed by atoms with van der Waals surface area (Å²) in [6, 6.07) is 10.6. The molecule has 6 nitrogen and oxygen atoms in total. The second-order valence-corrected chi connectivity index (χ2v) is 8.77. The van der Waals surface area contributed by atoms with E-state index in [9.17, 15) is 4.79 Å². The highest BCUT2D eigenvalue weighted by Crippen LogP contribution is 2.35. The maximum atomic E-state index is 12.3. The molecule has 1 aliphatic rings. The molecule has 0 unspecified atom stereocenters. The molecule has 8 heteroatoms. The molecule has 1 aliphatic carbocycles. The van der Waals surface area contributed by atoms with E-state index in [2.05, 4.69) is 37.2 Å². The molecule has 1 amide bonds. The van der Waals surface area contributed by atoms with Crippen LogP contribution in [0.25, 0.3) is 11.4 Å². The van der Waals surface area contributed by atoms with Crippen LogP contribution in [0.3, 0.4) is 0 Å². The number of carbonyl (C=O) groups excluding carboxylic acids is 1. The molecule has 0 radical (unpaired) electrons. The van der Waals surface area contributed by atoms with Gasteiger partial charge in [-0.3, -0.25) is 9.36 Å². The minimum atomic E-state index is -0.0706. The zero-order valence-corrected chi connectivity index (χ0v) is 17.4. The first-order valence-electron chi connectivity index (χ1n) is 9.56. The Hall–Kier alpha value is -2.19. The summed E-state index contributed by atoms with van der Waals surface area (Å²) in [7, 11) is 0. The summed E-state index contributed by atoms with van der Waals surface area (Å²) in [5, 5.41) is 15.2. The number of rotatable bonds is 6. The number of nitrogens with zero attached hydrogens (tertiary/aromatic N) is 4. The van der Waals surface area contributed by atoms with E-state index in [1.54, 1.807) is 0 Å². The average molecular weight is 414 g/mol. The topological polar surface area (TPSA) is 72.7 Å². The zero-order valence-electron chi connectivity index (χ0n) is 15.8. The predicted molar refractivity (Wildman–Crippen MR) is 114 cm³/mol. The zero-order chi connectivity index (χ0) is 19.3. The number of aromatic nitrogens is 4. The van der Waals surface area contributed by atoms with Crippen LogP contribution in [-0.2, 0) is 4.79 Å². The minimum Gasteiger partial charge on any atom is -0.301 e. The molecule has 2 heterocycles. The molecule has 2 aromatic heterocycles. The third-order valence-electron chi connectivity index (χ3n) is 4.83. The van der Waals surface area contributed by atoms with Crippen molar-refractivity contribution < 1.29 is 4.79 Å². The average Bonchev–Trinajstić information content (AvgIpc) is 3.33. The summed E-state index contributed by atoms with van der Waals surface area (Å²) in [4.78, 5) is 16.6. The molecule has 1 fully saturated rings. The fourth-order valence-electron chi connectivity index (χ4n) is 3.52. The number of carbonyl (C=O) groups is 1. The molecule has 0 aliphatic heterocycles. The van der Waals surface area contributed by atoms with Crippen LogP contribution in [0.4, 0.5) is 5.13 Å². The molecule has 28 heavy (non-hydrogen) atoms. The van der Waals surface area contributed by atoms with Gasteiger partial charge < -0.3 is 5.32 Å². The predicted octanol–water partition coefficient (Wildman–Crippen LogP) is 4.95. The van der Waals surface area contributed by atoms with Gasteiger partial charge in [0.2, 0.25) is 5.91 Å². The number of hydrogen-bond donors (Lipinski definition) is 1. The number of nitrogens with one attached hydrogen (secondary N) is 1. The van der Waals surface area contributed by atoms with E-state index in [4.69, 9.17) is 0 Å². The smallest absolute Gasteiger partial charge is 0.236 e. The van der Waals surface area contributed by atoms with Gasteiger partial charge in [-0.05, 0) is 19.8 Å². The quantitative estimate of drug-likeness (QED) is 0.579. The second kappa shape index (κ2) is 8.87. The Morgan fingerprint density at radius 3 is 2.71 bits per heavy atom. The Morgan fingerprint density at radius 1 is 1.21 bits per heavy atom. The molecule has 1 aromatic carbocycles. The monoisotopic (exact) mass is 413 g/mol. The standard InChI is InChI=1S/C20H23N5OS2/c1-14-12-27-19(21-14)22-17(26)13-28-20-24-23-18(15-8-4-2-5-9-15)25(20)16-10-6-3-7-11-16/h2,4-5,8-9,12,16H,3,6-7,10-11,13H2,1H3,(H,21,22,26). The van der Waals surface area contributed by atoms with Gasteiger partial charge in [0.25, 0.3) is 0 Å².